The molecule has 1 atom stereocenters. The van der Waals surface area contributed by atoms with E-state index in [1.165, 1.54) is 25.7 Å². The zero-order valence-corrected chi connectivity index (χ0v) is 15.7. The Morgan fingerprint density at radius 3 is 2.48 bits per heavy atom. The fourth-order valence-corrected chi connectivity index (χ4v) is 4.59. The van der Waals surface area contributed by atoms with Crippen LogP contribution in [0.5, 0.6) is 0 Å². The summed E-state index contributed by atoms with van der Waals surface area (Å²) in [6.45, 7) is 3.71. The van der Waals surface area contributed by atoms with Crippen molar-refractivity contribution in [2.75, 3.05) is 26.2 Å². The Morgan fingerprint density at radius 1 is 1.04 bits per heavy atom. The van der Waals surface area contributed by atoms with Gasteiger partial charge in [-0.1, -0.05) is 25.0 Å². The van der Waals surface area contributed by atoms with Crippen molar-refractivity contribution in [3.63, 3.8) is 0 Å². The maximum Gasteiger partial charge on any atom is 0.325 e. The second-order valence-corrected chi connectivity index (χ2v) is 7.65. The van der Waals surface area contributed by atoms with Crippen LogP contribution in [-0.4, -0.2) is 62.9 Å². The maximum atomic E-state index is 12.1. The second kappa shape index (κ2) is 8.23. The molecule has 0 amide bonds. The zero-order chi connectivity index (χ0) is 18.6. The van der Waals surface area contributed by atoms with Crippen molar-refractivity contribution in [3.05, 3.63) is 48.3 Å². The molecule has 1 saturated heterocycles. The normalized spacial score (nSPS) is 21.2. The number of aromatic nitrogens is 2. The first-order valence-corrected chi connectivity index (χ1v) is 10.0. The van der Waals surface area contributed by atoms with E-state index in [-0.39, 0.29) is 0 Å². The lowest BCUT2D eigenvalue weighted by molar-refractivity contribution is -0.143. The van der Waals surface area contributed by atoms with Crippen molar-refractivity contribution in [1.82, 2.24) is 19.6 Å². The Hall–Kier alpha value is -2.18. The van der Waals surface area contributed by atoms with E-state index in [0.29, 0.717) is 6.04 Å². The largest absolute Gasteiger partial charge is 0.480 e. The average Bonchev–Trinajstić information content (AvgIpc) is 3.35. The van der Waals surface area contributed by atoms with Gasteiger partial charge in [0.15, 0.2) is 0 Å². The molecule has 0 unspecified atom stereocenters. The molecule has 1 aromatic carbocycles. The number of carbonyl (C=O) groups is 1. The highest BCUT2D eigenvalue weighted by molar-refractivity contribution is 5.75. The number of hydrogen-bond donors (Lipinski definition) is 1. The van der Waals surface area contributed by atoms with Crippen LogP contribution in [0.2, 0.25) is 0 Å². The standard InChI is InChI=1S/C21H28N4O2/c26-21(27)20(17-7-9-19(10-8-17)25-14-3-11-22-25)24-13-4-12-23(15-16-24)18-5-1-2-6-18/h3,7-11,14,18,20H,1-2,4-6,12-13,15-16H2,(H,26,27)/t20-/m1/s1. The molecule has 144 valence electrons. The van der Waals surface area contributed by atoms with Gasteiger partial charge >= 0.3 is 5.97 Å². The lowest BCUT2D eigenvalue weighted by Crippen LogP contribution is -2.39. The summed E-state index contributed by atoms with van der Waals surface area (Å²) in [7, 11) is 0. The Labute approximate surface area is 160 Å². The predicted octanol–water partition coefficient (Wildman–Crippen LogP) is 2.95. The molecule has 0 radical (unpaired) electrons. The molecule has 0 spiro atoms. The van der Waals surface area contributed by atoms with Crippen LogP contribution in [0, 0.1) is 0 Å². The van der Waals surface area contributed by atoms with Gasteiger partial charge in [-0.3, -0.25) is 14.6 Å². The molecule has 1 saturated carbocycles. The molecule has 4 rings (SSSR count). The Balaban J connectivity index is 1.48. The van der Waals surface area contributed by atoms with Gasteiger partial charge in [-0.25, -0.2) is 4.68 Å². The maximum absolute atomic E-state index is 12.1. The molecule has 6 heteroatoms. The lowest BCUT2D eigenvalue weighted by Gasteiger charge is -2.29. The van der Waals surface area contributed by atoms with Crippen molar-refractivity contribution < 1.29 is 9.90 Å². The summed E-state index contributed by atoms with van der Waals surface area (Å²) >= 11 is 0. The first kappa shape index (κ1) is 18.2. The minimum absolute atomic E-state index is 0.583. The second-order valence-electron chi connectivity index (χ2n) is 7.65. The molecule has 1 aromatic heterocycles. The molecule has 1 aliphatic carbocycles. The van der Waals surface area contributed by atoms with E-state index in [0.717, 1.165) is 43.9 Å². The minimum atomic E-state index is -0.767. The number of benzene rings is 1. The van der Waals surface area contributed by atoms with Gasteiger partial charge in [0.25, 0.3) is 0 Å². The van der Waals surface area contributed by atoms with Gasteiger partial charge in [0.1, 0.15) is 6.04 Å². The van der Waals surface area contributed by atoms with Crippen molar-refractivity contribution in [1.29, 1.82) is 0 Å². The van der Waals surface area contributed by atoms with Gasteiger partial charge in [-0.05, 0) is 49.6 Å². The molecule has 0 bridgehead atoms. The van der Waals surface area contributed by atoms with E-state index in [2.05, 4.69) is 14.9 Å². The molecule has 1 aliphatic heterocycles. The third-order valence-electron chi connectivity index (χ3n) is 5.98. The molecule has 1 N–H and O–H groups in total. The van der Waals surface area contributed by atoms with Crippen molar-refractivity contribution >= 4 is 5.97 Å². The van der Waals surface area contributed by atoms with Crippen molar-refractivity contribution in [3.8, 4) is 5.69 Å². The third-order valence-corrected chi connectivity index (χ3v) is 5.98. The summed E-state index contributed by atoms with van der Waals surface area (Å²) in [6, 6.07) is 9.75. The van der Waals surface area contributed by atoms with Crippen LogP contribution >= 0.6 is 0 Å². The van der Waals surface area contributed by atoms with E-state index in [9.17, 15) is 9.90 Å². The summed E-state index contributed by atoms with van der Waals surface area (Å²) in [4.78, 5) is 16.8. The molecule has 2 heterocycles. The van der Waals surface area contributed by atoms with Gasteiger partial charge < -0.3 is 5.11 Å². The first-order chi connectivity index (χ1) is 13.2. The van der Waals surface area contributed by atoms with Crippen LogP contribution < -0.4 is 0 Å². The van der Waals surface area contributed by atoms with Gasteiger partial charge in [0, 0.05) is 38.1 Å². The summed E-state index contributed by atoms with van der Waals surface area (Å²) < 4.78 is 1.78. The molecular weight excluding hydrogens is 340 g/mol. The fourth-order valence-electron chi connectivity index (χ4n) is 4.59. The molecule has 27 heavy (non-hydrogen) atoms. The topological polar surface area (TPSA) is 61.6 Å². The number of carboxylic acid groups (broad SMARTS) is 1. The van der Waals surface area contributed by atoms with E-state index >= 15 is 0 Å². The molecule has 2 fully saturated rings. The SMILES string of the molecule is O=C(O)[C@@H](c1ccc(-n2cccn2)cc1)N1CCCN(C2CCCC2)CC1. The molecule has 6 nitrogen and oxygen atoms in total. The van der Waals surface area contributed by atoms with Gasteiger partial charge in [0.05, 0.1) is 5.69 Å². The fraction of sp³-hybridized carbons (Fsp3) is 0.524. The summed E-state index contributed by atoms with van der Waals surface area (Å²) in [5.74, 6) is -0.767. The van der Waals surface area contributed by atoms with E-state index in [1.807, 2.05) is 36.5 Å². The quantitative estimate of drug-likeness (QED) is 0.879. The number of nitrogens with zero attached hydrogens (tertiary/aromatic N) is 4. The molecule has 2 aromatic rings. The summed E-state index contributed by atoms with van der Waals surface area (Å²) in [5, 5.41) is 14.2. The Morgan fingerprint density at radius 2 is 1.81 bits per heavy atom. The van der Waals surface area contributed by atoms with Crippen LogP contribution in [0.15, 0.2) is 42.7 Å². The van der Waals surface area contributed by atoms with E-state index in [1.54, 1.807) is 10.9 Å². The highest BCUT2D eigenvalue weighted by Gasteiger charge is 2.31. The van der Waals surface area contributed by atoms with Crippen molar-refractivity contribution in [2.24, 2.45) is 0 Å². The summed E-state index contributed by atoms with van der Waals surface area (Å²) in [5.41, 5.74) is 1.78. The Bertz CT molecular complexity index is 738. The smallest absolute Gasteiger partial charge is 0.325 e. The number of hydrogen-bond acceptors (Lipinski definition) is 4. The van der Waals surface area contributed by atoms with Crippen molar-refractivity contribution in [2.45, 2.75) is 44.2 Å². The highest BCUT2D eigenvalue weighted by Crippen LogP contribution is 2.27. The van der Waals surface area contributed by atoms with E-state index in [4.69, 9.17) is 0 Å². The number of carboxylic acids is 1. The van der Waals surface area contributed by atoms with Crippen LogP contribution in [0.1, 0.15) is 43.7 Å². The number of rotatable bonds is 5. The lowest BCUT2D eigenvalue weighted by atomic mass is 10.0. The van der Waals surface area contributed by atoms with E-state index < -0.39 is 12.0 Å². The zero-order valence-electron chi connectivity index (χ0n) is 15.7. The average molecular weight is 368 g/mol. The van der Waals surface area contributed by atoms with Crippen LogP contribution in [-0.2, 0) is 4.79 Å². The summed E-state index contributed by atoms with van der Waals surface area (Å²) in [6.07, 6.45) is 9.94. The van der Waals surface area contributed by atoms with Gasteiger partial charge in [-0.15, -0.1) is 0 Å². The molecular formula is C21H28N4O2. The van der Waals surface area contributed by atoms with Crippen LogP contribution in [0.4, 0.5) is 0 Å². The Kier molecular flexibility index (Phi) is 5.55. The van der Waals surface area contributed by atoms with Crippen LogP contribution in [0.25, 0.3) is 5.69 Å². The predicted molar refractivity (Wildman–Crippen MR) is 104 cm³/mol. The molecule has 2 aliphatic rings. The third kappa shape index (κ3) is 4.06. The first-order valence-electron chi connectivity index (χ1n) is 10.0. The van der Waals surface area contributed by atoms with Crippen LogP contribution in [0.3, 0.4) is 0 Å². The van der Waals surface area contributed by atoms with Gasteiger partial charge in [0.2, 0.25) is 0 Å². The number of aliphatic carboxylic acids is 1. The van der Waals surface area contributed by atoms with Gasteiger partial charge in [-0.2, -0.15) is 5.10 Å². The monoisotopic (exact) mass is 368 g/mol. The highest BCUT2D eigenvalue weighted by atomic mass is 16.4. The minimum Gasteiger partial charge on any atom is -0.480 e.